The normalized spacial score (nSPS) is 15.1. The van der Waals surface area contributed by atoms with E-state index in [4.69, 9.17) is 14.5 Å². The Morgan fingerprint density at radius 2 is 1.68 bits per heavy atom. The maximum absolute atomic E-state index is 13.1. The van der Waals surface area contributed by atoms with Crippen molar-refractivity contribution in [1.29, 1.82) is 0 Å². The van der Waals surface area contributed by atoms with Gasteiger partial charge in [0.05, 0.1) is 0 Å². The van der Waals surface area contributed by atoms with Gasteiger partial charge in [-0.15, -0.1) is 0 Å². The van der Waals surface area contributed by atoms with Crippen LogP contribution in [0.3, 0.4) is 0 Å². The number of piperazine rings is 1. The van der Waals surface area contributed by atoms with Crippen molar-refractivity contribution in [3.8, 4) is 11.5 Å². The fourth-order valence-corrected chi connectivity index (χ4v) is 4.70. The van der Waals surface area contributed by atoms with E-state index in [1.807, 2.05) is 17.9 Å². The number of aryl methyl sites for hydroxylation is 4. The summed E-state index contributed by atoms with van der Waals surface area (Å²) in [6.07, 6.45) is 0.797. The van der Waals surface area contributed by atoms with Gasteiger partial charge in [-0.2, -0.15) is 0 Å². The molecule has 0 unspecified atom stereocenters. The summed E-state index contributed by atoms with van der Waals surface area (Å²) in [6, 6.07) is 12.0. The van der Waals surface area contributed by atoms with Crippen LogP contribution in [-0.2, 0) is 6.42 Å². The minimum atomic E-state index is 0.0172. The Hall–Kier alpha value is -3.61. The van der Waals surface area contributed by atoms with Crippen molar-refractivity contribution in [1.82, 2.24) is 14.9 Å². The van der Waals surface area contributed by atoms with Crippen molar-refractivity contribution in [3.05, 3.63) is 75.7 Å². The van der Waals surface area contributed by atoms with E-state index in [0.717, 1.165) is 42.4 Å². The largest absolute Gasteiger partial charge is 0.454 e. The summed E-state index contributed by atoms with van der Waals surface area (Å²) in [4.78, 5) is 26.8. The monoisotopic (exact) mass is 458 g/mol. The maximum Gasteiger partial charge on any atom is 0.254 e. The van der Waals surface area contributed by atoms with E-state index in [9.17, 15) is 4.79 Å². The lowest BCUT2D eigenvalue weighted by atomic mass is 9.97. The molecule has 0 saturated carbocycles. The Morgan fingerprint density at radius 1 is 0.912 bits per heavy atom. The third-order valence-electron chi connectivity index (χ3n) is 6.66. The number of fused-ring (bicyclic) bond motifs is 1. The number of aromatic nitrogens is 2. The minimum Gasteiger partial charge on any atom is -0.454 e. The molecule has 2 aromatic carbocycles. The highest BCUT2D eigenvalue weighted by Crippen LogP contribution is 2.33. The Bertz CT molecular complexity index is 1250. The van der Waals surface area contributed by atoms with Gasteiger partial charge in [0, 0.05) is 49.4 Å². The van der Waals surface area contributed by atoms with E-state index < -0.39 is 0 Å². The summed E-state index contributed by atoms with van der Waals surface area (Å²) >= 11 is 0. The van der Waals surface area contributed by atoms with Crippen LogP contribution in [0.4, 0.5) is 5.82 Å². The predicted molar refractivity (Wildman–Crippen MR) is 131 cm³/mol. The quantitative estimate of drug-likeness (QED) is 0.589. The molecule has 0 radical (unpaired) electrons. The molecule has 7 nitrogen and oxygen atoms in total. The molecule has 7 heteroatoms. The van der Waals surface area contributed by atoms with Gasteiger partial charge in [0.1, 0.15) is 11.6 Å². The Morgan fingerprint density at radius 3 is 2.47 bits per heavy atom. The highest BCUT2D eigenvalue weighted by atomic mass is 16.7. The topological polar surface area (TPSA) is 67.8 Å². The Labute approximate surface area is 200 Å². The van der Waals surface area contributed by atoms with Crippen molar-refractivity contribution in [3.63, 3.8) is 0 Å². The van der Waals surface area contributed by atoms with Crippen LogP contribution in [0.2, 0.25) is 0 Å². The molecule has 1 aromatic heterocycles. The number of hydrogen-bond donors (Lipinski definition) is 0. The molecule has 1 saturated heterocycles. The van der Waals surface area contributed by atoms with Gasteiger partial charge in [0.15, 0.2) is 11.5 Å². The fourth-order valence-electron chi connectivity index (χ4n) is 4.70. The lowest BCUT2D eigenvalue weighted by Gasteiger charge is -2.36. The number of nitrogens with zero attached hydrogens (tertiary/aromatic N) is 4. The molecule has 5 rings (SSSR count). The summed E-state index contributed by atoms with van der Waals surface area (Å²) in [5, 5.41) is 0. The second-order valence-corrected chi connectivity index (χ2v) is 9.11. The van der Waals surface area contributed by atoms with Crippen LogP contribution < -0.4 is 14.4 Å². The number of carbonyl (C=O) groups excluding carboxylic acids is 1. The first-order valence-electron chi connectivity index (χ1n) is 11.7. The third-order valence-corrected chi connectivity index (χ3v) is 6.66. The number of ether oxygens (including phenoxy) is 2. The maximum atomic E-state index is 13.1. The van der Waals surface area contributed by atoms with Crippen molar-refractivity contribution in [2.75, 3.05) is 37.9 Å². The van der Waals surface area contributed by atoms with Gasteiger partial charge in [0.2, 0.25) is 6.79 Å². The van der Waals surface area contributed by atoms with Crippen LogP contribution in [-0.4, -0.2) is 53.7 Å². The molecular weight excluding hydrogens is 428 g/mol. The molecule has 176 valence electrons. The van der Waals surface area contributed by atoms with E-state index in [2.05, 4.69) is 48.9 Å². The summed E-state index contributed by atoms with van der Waals surface area (Å²) in [5.41, 5.74) is 6.63. The van der Waals surface area contributed by atoms with E-state index in [0.29, 0.717) is 30.2 Å². The lowest BCUT2D eigenvalue weighted by molar-refractivity contribution is 0.0746. The molecule has 3 heterocycles. The number of amides is 1. The van der Waals surface area contributed by atoms with Gasteiger partial charge in [-0.25, -0.2) is 9.97 Å². The summed E-state index contributed by atoms with van der Waals surface area (Å²) in [7, 11) is 0. The average molecular weight is 459 g/mol. The van der Waals surface area contributed by atoms with Crippen LogP contribution in [0.15, 0.2) is 36.4 Å². The van der Waals surface area contributed by atoms with Gasteiger partial charge in [-0.1, -0.05) is 23.8 Å². The first-order chi connectivity index (χ1) is 16.4. The zero-order chi connectivity index (χ0) is 23.8. The van der Waals surface area contributed by atoms with Crippen molar-refractivity contribution >= 4 is 11.7 Å². The van der Waals surface area contributed by atoms with E-state index in [1.54, 1.807) is 12.1 Å². The molecule has 1 fully saturated rings. The Balaban J connectivity index is 1.34. The minimum absolute atomic E-state index is 0.0172. The average Bonchev–Trinajstić information content (AvgIpc) is 3.30. The molecule has 1 amide bonds. The van der Waals surface area contributed by atoms with Gasteiger partial charge in [-0.05, 0) is 57.0 Å². The van der Waals surface area contributed by atoms with Crippen molar-refractivity contribution in [2.24, 2.45) is 0 Å². The second-order valence-electron chi connectivity index (χ2n) is 9.11. The van der Waals surface area contributed by atoms with Crippen LogP contribution >= 0.6 is 0 Å². The highest BCUT2D eigenvalue weighted by molar-refractivity contribution is 5.95. The molecule has 2 aliphatic rings. The number of anilines is 1. The zero-order valence-electron chi connectivity index (χ0n) is 20.2. The molecule has 0 bridgehead atoms. The SMILES string of the molecule is Cc1ccc(C)c(Cc2c(C)nc(C)nc2N2CCN(C(=O)c3ccc4c(c3)OCO4)CC2)c1. The predicted octanol–water partition coefficient (Wildman–Crippen LogP) is 3.99. The summed E-state index contributed by atoms with van der Waals surface area (Å²) in [5.74, 6) is 3.10. The number of carbonyl (C=O) groups is 1. The molecule has 3 aromatic rings. The summed E-state index contributed by atoms with van der Waals surface area (Å²) in [6.45, 7) is 11.2. The van der Waals surface area contributed by atoms with Crippen molar-refractivity contribution in [2.45, 2.75) is 34.1 Å². The van der Waals surface area contributed by atoms with Gasteiger partial charge in [0.25, 0.3) is 5.91 Å². The van der Waals surface area contributed by atoms with Gasteiger partial charge < -0.3 is 19.3 Å². The first kappa shape index (κ1) is 22.2. The fraction of sp³-hybridized carbons (Fsp3) is 0.370. The van der Waals surface area contributed by atoms with Crippen LogP contribution in [0.1, 0.15) is 44.1 Å². The number of benzene rings is 2. The van der Waals surface area contributed by atoms with Crippen molar-refractivity contribution < 1.29 is 14.3 Å². The molecule has 0 aliphatic carbocycles. The van der Waals surface area contributed by atoms with E-state index in [-0.39, 0.29) is 12.7 Å². The van der Waals surface area contributed by atoms with E-state index in [1.165, 1.54) is 16.7 Å². The Kier molecular flexibility index (Phi) is 5.86. The van der Waals surface area contributed by atoms with Gasteiger partial charge >= 0.3 is 0 Å². The summed E-state index contributed by atoms with van der Waals surface area (Å²) < 4.78 is 10.8. The lowest BCUT2D eigenvalue weighted by Crippen LogP contribution is -2.49. The van der Waals surface area contributed by atoms with Crippen LogP contribution in [0.25, 0.3) is 0 Å². The number of hydrogen-bond acceptors (Lipinski definition) is 6. The molecule has 0 spiro atoms. The molecule has 34 heavy (non-hydrogen) atoms. The number of rotatable bonds is 4. The first-order valence-corrected chi connectivity index (χ1v) is 11.7. The van der Waals surface area contributed by atoms with E-state index >= 15 is 0 Å². The van der Waals surface area contributed by atoms with Gasteiger partial charge in [-0.3, -0.25) is 4.79 Å². The zero-order valence-corrected chi connectivity index (χ0v) is 20.2. The van der Waals surface area contributed by atoms with Crippen LogP contribution in [0.5, 0.6) is 11.5 Å². The molecule has 0 N–H and O–H groups in total. The van der Waals surface area contributed by atoms with Crippen LogP contribution in [0, 0.1) is 27.7 Å². The second kappa shape index (κ2) is 8.97. The highest BCUT2D eigenvalue weighted by Gasteiger charge is 2.26. The smallest absolute Gasteiger partial charge is 0.254 e. The third kappa shape index (κ3) is 4.30. The molecule has 2 aliphatic heterocycles. The standard InChI is InChI=1S/C27H30N4O3/c1-17-5-6-18(2)22(13-17)14-23-19(3)28-20(4)29-26(23)30-9-11-31(12-10-30)27(32)21-7-8-24-25(15-21)34-16-33-24/h5-8,13,15H,9-12,14,16H2,1-4H3. The molecule has 0 atom stereocenters. The molecular formula is C27H30N4O3.